The maximum Gasteiger partial charge on any atom is 0.342 e. The Labute approximate surface area is 151 Å². The molecule has 7 nitrogen and oxygen atoms in total. The molecule has 1 aliphatic heterocycles. The van der Waals surface area contributed by atoms with Crippen molar-refractivity contribution in [1.29, 1.82) is 0 Å². The Hall–Kier alpha value is -2.70. The molecule has 0 radical (unpaired) electrons. The maximum absolute atomic E-state index is 12.5. The fourth-order valence-corrected chi connectivity index (χ4v) is 2.88. The van der Waals surface area contributed by atoms with Crippen LogP contribution in [0.3, 0.4) is 0 Å². The van der Waals surface area contributed by atoms with Gasteiger partial charge in [-0.1, -0.05) is 0 Å². The van der Waals surface area contributed by atoms with Gasteiger partial charge in [0.05, 0.1) is 13.2 Å². The van der Waals surface area contributed by atoms with E-state index in [2.05, 4.69) is 0 Å². The van der Waals surface area contributed by atoms with Crippen molar-refractivity contribution in [2.24, 2.45) is 0 Å². The Kier molecular flexibility index (Phi) is 6.49. The summed E-state index contributed by atoms with van der Waals surface area (Å²) in [5.41, 5.74) is 0.493. The van der Waals surface area contributed by atoms with Crippen molar-refractivity contribution in [1.82, 2.24) is 0 Å². The number of cyclic esters (lactones) is 1. The number of aryl methyl sites for hydroxylation is 1. The van der Waals surface area contributed by atoms with E-state index in [0.717, 1.165) is 0 Å². The quantitative estimate of drug-likeness (QED) is 0.602. The lowest BCUT2D eigenvalue weighted by atomic mass is 9.97. The molecule has 0 aromatic heterocycles. The molecule has 0 bridgehead atoms. The Bertz CT molecular complexity index is 736. The van der Waals surface area contributed by atoms with E-state index in [-0.39, 0.29) is 37.0 Å². The SMILES string of the molecule is COc1cc(O)c2c(c1)CCCC(=O)C(=O)C(=O)CCC[C@@H](C)OC2=O. The lowest BCUT2D eigenvalue weighted by Gasteiger charge is -2.17. The van der Waals surface area contributed by atoms with Crippen molar-refractivity contribution >= 4 is 23.3 Å². The minimum absolute atomic E-state index is 0.0320. The van der Waals surface area contributed by atoms with Crippen LogP contribution in [0.2, 0.25) is 0 Å². The summed E-state index contributed by atoms with van der Waals surface area (Å²) in [6.45, 7) is 1.67. The van der Waals surface area contributed by atoms with E-state index >= 15 is 0 Å². The minimum atomic E-state index is -0.972. The second-order valence-corrected chi connectivity index (χ2v) is 6.32. The van der Waals surface area contributed by atoms with E-state index in [1.807, 2.05) is 0 Å². The predicted octanol–water partition coefficient (Wildman–Crippen LogP) is 2.16. The number of fused-ring (bicyclic) bond motifs is 1. The second-order valence-electron chi connectivity index (χ2n) is 6.32. The van der Waals surface area contributed by atoms with Crippen LogP contribution in [0.15, 0.2) is 12.1 Å². The van der Waals surface area contributed by atoms with Crippen molar-refractivity contribution in [2.45, 2.75) is 51.6 Å². The highest BCUT2D eigenvalue weighted by Crippen LogP contribution is 2.30. The third-order valence-electron chi connectivity index (χ3n) is 4.29. The van der Waals surface area contributed by atoms with Crippen molar-refractivity contribution < 1.29 is 33.8 Å². The van der Waals surface area contributed by atoms with Gasteiger partial charge in [0.2, 0.25) is 11.6 Å². The number of Topliss-reactive ketones (excluding diaryl/α,β-unsaturated/α-hetero) is 3. The van der Waals surface area contributed by atoms with Gasteiger partial charge in [-0.25, -0.2) is 4.79 Å². The van der Waals surface area contributed by atoms with Gasteiger partial charge in [-0.15, -0.1) is 0 Å². The van der Waals surface area contributed by atoms with Gasteiger partial charge in [-0.2, -0.15) is 0 Å². The van der Waals surface area contributed by atoms with Gasteiger partial charge < -0.3 is 14.6 Å². The largest absolute Gasteiger partial charge is 0.507 e. The number of carbonyl (C=O) groups excluding carboxylic acids is 4. The number of hydrogen-bond acceptors (Lipinski definition) is 7. The molecule has 0 aliphatic carbocycles. The number of esters is 1. The molecule has 140 valence electrons. The smallest absolute Gasteiger partial charge is 0.342 e. The monoisotopic (exact) mass is 362 g/mol. The van der Waals surface area contributed by atoms with E-state index in [1.165, 1.54) is 13.2 Å². The first-order valence-electron chi connectivity index (χ1n) is 8.54. The number of phenolic OH excluding ortho intramolecular Hbond substituents is 1. The molecular weight excluding hydrogens is 340 g/mol. The lowest BCUT2D eigenvalue weighted by Crippen LogP contribution is -2.25. The average molecular weight is 362 g/mol. The molecule has 0 spiro atoms. The van der Waals surface area contributed by atoms with Crippen molar-refractivity contribution in [2.75, 3.05) is 7.11 Å². The number of rotatable bonds is 1. The molecule has 0 fully saturated rings. The van der Waals surface area contributed by atoms with Crippen LogP contribution in [0.4, 0.5) is 0 Å². The molecule has 0 saturated carbocycles. The molecule has 0 saturated heterocycles. The Morgan fingerprint density at radius 2 is 1.69 bits per heavy atom. The van der Waals surface area contributed by atoms with Crippen LogP contribution in [-0.4, -0.2) is 41.6 Å². The standard InChI is InChI=1S/C19H22O7/c1-11-5-3-7-14(20)18(23)15(21)8-4-6-12-9-13(25-2)10-16(22)17(12)19(24)26-11/h9-11,22H,3-8H2,1-2H3/t11-/m1/s1. The van der Waals surface area contributed by atoms with Gasteiger partial charge in [0.15, 0.2) is 0 Å². The summed E-state index contributed by atoms with van der Waals surface area (Å²) < 4.78 is 10.5. The number of carbonyl (C=O) groups is 4. The molecule has 1 heterocycles. The van der Waals surface area contributed by atoms with E-state index in [0.29, 0.717) is 24.2 Å². The number of hydrogen-bond donors (Lipinski definition) is 1. The van der Waals surface area contributed by atoms with E-state index in [4.69, 9.17) is 9.47 Å². The number of phenols is 1. The fraction of sp³-hybridized carbons (Fsp3) is 0.474. The van der Waals surface area contributed by atoms with E-state index < -0.39 is 29.4 Å². The fourth-order valence-electron chi connectivity index (χ4n) is 2.88. The van der Waals surface area contributed by atoms with Crippen LogP contribution in [0.1, 0.15) is 54.9 Å². The summed E-state index contributed by atoms with van der Waals surface area (Å²) >= 11 is 0. The lowest BCUT2D eigenvalue weighted by molar-refractivity contribution is -0.144. The predicted molar refractivity (Wildman–Crippen MR) is 91.3 cm³/mol. The number of ether oxygens (including phenoxy) is 2. The van der Waals surface area contributed by atoms with Crippen molar-refractivity contribution in [3.63, 3.8) is 0 Å². The Morgan fingerprint density at radius 1 is 1.04 bits per heavy atom. The molecule has 1 aromatic carbocycles. The Balaban J connectivity index is 2.35. The third-order valence-corrected chi connectivity index (χ3v) is 4.29. The number of aromatic hydroxyl groups is 1. The summed E-state index contributed by atoms with van der Waals surface area (Å²) in [7, 11) is 1.43. The van der Waals surface area contributed by atoms with Crippen LogP contribution < -0.4 is 4.74 Å². The van der Waals surface area contributed by atoms with Crippen LogP contribution in [-0.2, 0) is 25.5 Å². The first kappa shape index (κ1) is 19.6. The van der Waals surface area contributed by atoms with Gasteiger partial charge in [0.25, 0.3) is 5.78 Å². The molecule has 7 heteroatoms. The molecule has 1 aromatic rings. The average Bonchev–Trinajstić information content (AvgIpc) is 2.59. The van der Waals surface area contributed by atoms with Gasteiger partial charge in [0.1, 0.15) is 17.1 Å². The maximum atomic E-state index is 12.5. The molecule has 1 aliphatic rings. The number of ketones is 3. The second kappa shape index (κ2) is 8.60. The molecule has 0 amide bonds. The van der Waals surface area contributed by atoms with Gasteiger partial charge >= 0.3 is 5.97 Å². The molecule has 1 N–H and O–H groups in total. The summed E-state index contributed by atoms with van der Waals surface area (Å²) in [4.78, 5) is 47.9. The molecule has 2 rings (SSSR count). The highest BCUT2D eigenvalue weighted by atomic mass is 16.5. The highest BCUT2D eigenvalue weighted by molar-refractivity contribution is 6.63. The van der Waals surface area contributed by atoms with Crippen LogP contribution in [0, 0.1) is 0 Å². The van der Waals surface area contributed by atoms with Gasteiger partial charge in [0, 0.05) is 18.9 Å². The normalized spacial score (nSPS) is 20.2. The highest BCUT2D eigenvalue weighted by Gasteiger charge is 2.25. The zero-order valence-electron chi connectivity index (χ0n) is 14.9. The van der Waals surface area contributed by atoms with Crippen LogP contribution in [0.5, 0.6) is 11.5 Å². The third kappa shape index (κ3) is 4.68. The molecule has 1 atom stereocenters. The molecule has 0 unspecified atom stereocenters. The van der Waals surface area contributed by atoms with E-state index in [1.54, 1.807) is 13.0 Å². The minimum Gasteiger partial charge on any atom is -0.507 e. The summed E-state index contributed by atoms with van der Waals surface area (Å²) in [6.07, 6.45) is 0.535. The Morgan fingerprint density at radius 3 is 2.35 bits per heavy atom. The zero-order valence-corrected chi connectivity index (χ0v) is 14.9. The van der Waals surface area contributed by atoms with Crippen molar-refractivity contribution in [3.05, 3.63) is 23.3 Å². The van der Waals surface area contributed by atoms with Crippen LogP contribution >= 0.6 is 0 Å². The number of methoxy groups -OCH3 is 1. The first-order valence-corrected chi connectivity index (χ1v) is 8.54. The van der Waals surface area contributed by atoms with Crippen molar-refractivity contribution in [3.8, 4) is 11.5 Å². The molecular formula is C19H22O7. The summed E-state index contributed by atoms with van der Waals surface area (Å²) in [5, 5.41) is 10.2. The van der Waals surface area contributed by atoms with Crippen LogP contribution in [0.25, 0.3) is 0 Å². The zero-order chi connectivity index (χ0) is 19.3. The summed E-state index contributed by atoms with van der Waals surface area (Å²) in [5.74, 6) is -2.97. The molecule has 26 heavy (non-hydrogen) atoms. The topological polar surface area (TPSA) is 107 Å². The van der Waals surface area contributed by atoms with E-state index in [9.17, 15) is 24.3 Å². The van der Waals surface area contributed by atoms with Gasteiger partial charge in [-0.3, -0.25) is 14.4 Å². The summed E-state index contributed by atoms with van der Waals surface area (Å²) in [6, 6.07) is 2.91. The number of benzene rings is 1. The van der Waals surface area contributed by atoms with Gasteiger partial charge in [-0.05, 0) is 44.2 Å². The first-order chi connectivity index (χ1) is 12.3.